The second-order valence-corrected chi connectivity index (χ2v) is 6.43. The van der Waals surface area contributed by atoms with Gasteiger partial charge in [0.1, 0.15) is 11.6 Å². The fourth-order valence-corrected chi connectivity index (χ4v) is 2.96. The molecule has 2 aromatic heterocycles. The van der Waals surface area contributed by atoms with E-state index in [0.717, 1.165) is 17.5 Å². The number of ether oxygens (including phenoxy) is 1. The molecule has 7 nitrogen and oxygen atoms in total. The maximum Gasteiger partial charge on any atom is 0.226 e. The van der Waals surface area contributed by atoms with Crippen LogP contribution in [-0.4, -0.2) is 40.0 Å². The summed E-state index contributed by atoms with van der Waals surface area (Å²) in [6, 6.07) is 16.0. The third kappa shape index (κ3) is 4.33. The molecule has 0 aliphatic heterocycles. The Labute approximate surface area is 167 Å². The lowest BCUT2D eigenvalue weighted by atomic mass is 10.3. The van der Waals surface area contributed by atoms with Crippen molar-refractivity contribution in [1.82, 2.24) is 19.7 Å². The Kier molecular flexibility index (Phi) is 5.62. The number of methoxy groups -OCH3 is 1. The number of nitrogens with zero attached hydrogens (tertiary/aromatic N) is 4. The van der Waals surface area contributed by atoms with Crippen molar-refractivity contribution in [3.05, 3.63) is 66.6 Å². The van der Waals surface area contributed by atoms with Gasteiger partial charge in [0, 0.05) is 25.9 Å². The van der Waals surface area contributed by atoms with E-state index in [9.17, 15) is 4.39 Å². The molecule has 2 N–H and O–H groups in total. The molecule has 0 saturated carbocycles. The minimum absolute atomic E-state index is 0.321. The Morgan fingerprint density at radius 2 is 1.93 bits per heavy atom. The van der Waals surface area contributed by atoms with E-state index in [1.807, 2.05) is 30.3 Å². The van der Waals surface area contributed by atoms with Crippen LogP contribution in [0.2, 0.25) is 0 Å². The number of hydrogen-bond donors (Lipinski definition) is 2. The number of halogens is 1. The normalized spacial score (nSPS) is 11.0. The van der Waals surface area contributed by atoms with Gasteiger partial charge in [-0.1, -0.05) is 24.3 Å². The molecule has 2 heterocycles. The number of rotatable bonds is 8. The average Bonchev–Trinajstić information content (AvgIpc) is 3.16. The van der Waals surface area contributed by atoms with Gasteiger partial charge in [0.2, 0.25) is 5.95 Å². The number of hydrogen-bond acceptors (Lipinski definition) is 6. The van der Waals surface area contributed by atoms with E-state index in [0.29, 0.717) is 36.3 Å². The predicted octanol–water partition coefficient (Wildman–Crippen LogP) is 4.15. The highest BCUT2D eigenvalue weighted by Crippen LogP contribution is 2.27. The second kappa shape index (κ2) is 8.66. The van der Waals surface area contributed by atoms with Gasteiger partial charge in [-0.05, 0) is 36.8 Å². The summed E-state index contributed by atoms with van der Waals surface area (Å²) in [6.07, 6.45) is 2.53. The van der Waals surface area contributed by atoms with Crippen LogP contribution in [-0.2, 0) is 4.74 Å². The quantitative estimate of drug-likeness (QED) is 0.439. The van der Waals surface area contributed by atoms with Crippen molar-refractivity contribution in [2.45, 2.75) is 6.42 Å². The Balaban J connectivity index is 1.74. The Bertz CT molecular complexity index is 1100. The van der Waals surface area contributed by atoms with Crippen LogP contribution >= 0.6 is 0 Å². The third-order valence-corrected chi connectivity index (χ3v) is 4.32. The van der Waals surface area contributed by atoms with Crippen molar-refractivity contribution in [3.8, 4) is 5.69 Å². The first-order valence-electron chi connectivity index (χ1n) is 9.31. The number of para-hydroxylation sites is 1. The summed E-state index contributed by atoms with van der Waals surface area (Å²) < 4.78 is 20.5. The van der Waals surface area contributed by atoms with Crippen LogP contribution in [0.15, 0.2) is 60.8 Å². The Morgan fingerprint density at radius 1 is 1.07 bits per heavy atom. The van der Waals surface area contributed by atoms with Crippen molar-refractivity contribution in [2.24, 2.45) is 0 Å². The molecule has 0 radical (unpaired) electrons. The van der Waals surface area contributed by atoms with E-state index in [4.69, 9.17) is 4.74 Å². The molecular weight excluding hydrogens is 371 g/mol. The fourth-order valence-electron chi connectivity index (χ4n) is 2.96. The first-order chi connectivity index (χ1) is 14.2. The molecule has 148 valence electrons. The van der Waals surface area contributed by atoms with Crippen LogP contribution in [0.1, 0.15) is 6.42 Å². The fraction of sp³-hybridized carbons (Fsp3) is 0.190. The van der Waals surface area contributed by atoms with E-state index in [1.54, 1.807) is 30.1 Å². The molecule has 4 aromatic rings. The van der Waals surface area contributed by atoms with Gasteiger partial charge in [-0.15, -0.1) is 0 Å². The number of fused-ring (bicyclic) bond motifs is 1. The first kappa shape index (κ1) is 18.8. The van der Waals surface area contributed by atoms with E-state index < -0.39 is 0 Å². The summed E-state index contributed by atoms with van der Waals surface area (Å²) in [4.78, 5) is 9.23. The van der Waals surface area contributed by atoms with Crippen LogP contribution in [0, 0.1) is 5.82 Å². The zero-order valence-corrected chi connectivity index (χ0v) is 16.0. The number of anilines is 3. The van der Waals surface area contributed by atoms with Gasteiger partial charge < -0.3 is 15.4 Å². The van der Waals surface area contributed by atoms with E-state index in [2.05, 4.69) is 25.7 Å². The molecule has 0 saturated heterocycles. The maximum absolute atomic E-state index is 13.6. The third-order valence-electron chi connectivity index (χ3n) is 4.32. The van der Waals surface area contributed by atoms with E-state index in [1.165, 1.54) is 12.1 Å². The zero-order valence-electron chi connectivity index (χ0n) is 16.0. The minimum Gasteiger partial charge on any atom is -0.385 e. The number of aromatic nitrogens is 4. The molecule has 0 amide bonds. The van der Waals surface area contributed by atoms with Crippen molar-refractivity contribution in [1.29, 1.82) is 0 Å². The molecule has 0 fully saturated rings. The predicted molar refractivity (Wildman–Crippen MR) is 111 cm³/mol. The zero-order chi connectivity index (χ0) is 20.1. The Hall–Kier alpha value is -3.52. The maximum atomic E-state index is 13.6. The van der Waals surface area contributed by atoms with Gasteiger partial charge in [-0.2, -0.15) is 15.1 Å². The standard InChI is InChI=1S/C21H21FN6O/c1-29-12-6-11-23-21-26-19(25-16-8-5-7-15(22)13-16)18-14-24-28(20(18)27-21)17-9-3-2-4-10-17/h2-5,7-10,13-14H,6,11-12H2,1H3,(H2,23,25,26,27). The molecule has 0 atom stereocenters. The van der Waals surface area contributed by atoms with Gasteiger partial charge >= 0.3 is 0 Å². The smallest absolute Gasteiger partial charge is 0.226 e. The Morgan fingerprint density at radius 3 is 2.72 bits per heavy atom. The molecular formula is C21H21FN6O. The molecule has 8 heteroatoms. The summed E-state index contributed by atoms with van der Waals surface area (Å²) in [5.41, 5.74) is 2.14. The first-order valence-corrected chi connectivity index (χ1v) is 9.31. The second-order valence-electron chi connectivity index (χ2n) is 6.43. The van der Waals surface area contributed by atoms with Crippen LogP contribution < -0.4 is 10.6 Å². The molecule has 0 aliphatic rings. The van der Waals surface area contributed by atoms with E-state index in [-0.39, 0.29) is 5.82 Å². The van der Waals surface area contributed by atoms with Crippen LogP contribution in [0.5, 0.6) is 0 Å². The number of benzene rings is 2. The van der Waals surface area contributed by atoms with Gasteiger partial charge in [-0.25, -0.2) is 9.07 Å². The molecule has 29 heavy (non-hydrogen) atoms. The molecule has 0 spiro atoms. The molecule has 2 aromatic carbocycles. The highest BCUT2D eigenvalue weighted by Gasteiger charge is 2.14. The summed E-state index contributed by atoms with van der Waals surface area (Å²) in [6.45, 7) is 1.31. The lowest BCUT2D eigenvalue weighted by Gasteiger charge is -2.11. The highest BCUT2D eigenvalue weighted by molar-refractivity contribution is 5.90. The summed E-state index contributed by atoms with van der Waals surface area (Å²) >= 11 is 0. The van der Waals surface area contributed by atoms with Crippen LogP contribution in [0.3, 0.4) is 0 Å². The minimum atomic E-state index is -0.321. The molecule has 0 bridgehead atoms. The largest absolute Gasteiger partial charge is 0.385 e. The monoisotopic (exact) mass is 392 g/mol. The lowest BCUT2D eigenvalue weighted by molar-refractivity contribution is 0.197. The van der Waals surface area contributed by atoms with Crippen molar-refractivity contribution in [3.63, 3.8) is 0 Å². The van der Waals surface area contributed by atoms with Crippen LogP contribution in [0.4, 0.5) is 21.8 Å². The van der Waals surface area contributed by atoms with Crippen LogP contribution in [0.25, 0.3) is 16.7 Å². The topological polar surface area (TPSA) is 76.9 Å². The number of nitrogens with one attached hydrogen (secondary N) is 2. The average molecular weight is 392 g/mol. The molecule has 4 rings (SSSR count). The van der Waals surface area contributed by atoms with Crippen molar-refractivity contribution < 1.29 is 9.13 Å². The van der Waals surface area contributed by atoms with Crippen molar-refractivity contribution >= 4 is 28.5 Å². The molecule has 0 unspecified atom stereocenters. The van der Waals surface area contributed by atoms with Gasteiger partial charge in [0.25, 0.3) is 0 Å². The highest BCUT2D eigenvalue weighted by atomic mass is 19.1. The summed E-state index contributed by atoms with van der Waals surface area (Å²) in [5, 5.41) is 11.6. The SMILES string of the molecule is COCCCNc1nc(Nc2cccc(F)c2)c2cnn(-c3ccccc3)c2n1. The van der Waals surface area contributed by atoms with Gasteiger partial charge in [0.05, 0.1) is 17.3 Å². The van der Waals surface area contributed by atoms with Gasteiger partial charge in [0.15, 0.2) is 5.65 Å². The van der Waals surface area contributed by atoms with Gasteiger partial charge in [-0.3, -0.25) is 0 Å². The summed E-state index contributed by atoms with van der Waals surface area (Å²) in [5.74, 6) is 0.695. The van der Waals surface area contributed by atoms with E-state index >= 15 is 0 Å². The van der Waals surface area contributed by atoms with Crippen molar-refractivity contribution in [2.75, 3.05) is 30.9 Å². The summed E-state index contributed by atoms with van der Waals surface area (Å²) in [7, 11) is 1.67. The lowest BCUT2D eigenvalue weighted by Crippen LogP contribution is -2.10. The molecule has 0 aliphatic carbocycles.